The minimum atomic E-state index is -3.86. The summed E-state index contributed by atoms with van der Waals surface area (Å²) in [6.07, 6.45) is 1.65. The van der Waals surface area contributed by atoms with Crippen molar-refractivity contribution in [3.8, 4) is 0 Å². The van der Waals surface area contributed by atoms with E-state index in [4.69, 9.17) is 0 Å². The number of benzene rings is 2. The molecule has 0 spiro atoms. The van der Waals surface area contributed by atoms with Crippen LogP contribution in [-0.2, 0) is 16.6 Å². The molecule has 1 heterocycles. The summed E-state index contributed by atoms with van der Waals surface area (Å²) in [4.78, 5) is 17.1. The highest BCUT2D eigenvalue weighted by Crippen LogP contribution is 2.26. The van der Waals surface area contributed by atoms with Crippen LogP contribution in [0.3, 0.4) is 0 Å². The fourth-order valence-corrected chi connectivity index (χ4v) is 4.86. The Morgan fingerprint density at radius 2 is 1.62 bits per heavy atom. The van der Waals surface area contributed by atoms with E-state index in [9.17, 15) is 13.2 Å². The van der Waals surface area contributed by atoms with E-state index in [1.165, 1.54) is 0 Å². The van der Waals surface area contributed by atoms with Gasteiger partial charge >= 0.3 is 0 Å². The molecule has 1 amide bonds. The van der Waals surface area contributed by atoms with Gasteiger partial charge in [0.1, 0.15) is 0 Å². The van der Waals surface area contributed by atoms with Crippen molar-refractivity contribution in [1.29, 1.82) is 0 Å². The molecule has 0 aliphatic heterocycles. The number of nitrogens with one attached hydrogen (secondary N) is 2. The molecular weight excluding hydrogens is 386 g/mol. The van der Waals surface area contributed by atoms with Gasteiger partial charge in [-0.15, -0.1) is 0 Å². The van der Waals surface area contributed by atoms with Crippen LogP contribution in [0, 0.1) is 20.8 Å². The molecule has 0 saturated carbocycles. The number of sulfonamides is 1. The lowest BCUT2D eigenvalue weighted by Gasteiger charge is -2.16. The molecule has 6 nitrogen and oxygen atoms in total. The van der Waals surface area contributed by atoms with Gasteiger partial charge in [-0.2, -0.15) is 0 Å². The number of amides is 1. The molecule has 0 aliphatic carbocycles. The van der Waals surface area contributed by atoms with Gasteiger partial charge in [-0.1, -0.05) is 35.9 Å². The average Bonchev–Trinajstić information content (AvgIpc) is 2.66. The van der Waals surface area contributed by atoms with Crippen molar-refractivity contribution in [2.45, 2.75) is 32.2 Å². The third-order valence-electron chi connectivity index (χ3n) is 4.45. The summed E-state index contributed by atoms with van der Waals surface area (Å²) in [6.45, 7) is 5.70. The second-order valence-electron chi connectivity index (χ2n) is 6.88. The van der Waals surface area contributed by atoms with Crippen LogP contribution in [0.25, 0.3) is 0 Å². The lowest BCUT2D eigenvalue weighted by atomic mass is 10.1. The summed E-state index contributed by atoms with van der Waals surface area (Å²) < 4.78 is 28.7. The van der Waals surface area contributed by atoms with Gasteiger partial charge in [0, 0.05) is 6.20 Å². The number of para-hydroxylation sites is 1. The van der Waals surface area contributed by atoms with E-state index in [1.807, 2.05) is 25.1 Å². The average molecular weight is 410 g/mol. The first-order valence-electron chi connectivity index (χ1n) is 9.16. The van der Waals surface area contributed by atoms with Gasteiger partial charge < -0.3 is 5.32 Å². The molecule has 0 fully saturated rings. The fourth-order valence-electron chi connectivity index (χ4n) is 3.33. The predicted molar refractivity (Wildman–Crippen MR) is 113 cm³/mol. The van der Waals surface area contributed by atoms with Crippen molar-refractivity contribution in [3.63, 3.8) is 0 Å². The number of carbonyl (C=O) groups excluding carboxylic acids is 1. The molecule has 2 aromatic carbocycles. The Labute approximate surface area is 171 Å². The van der Waals surface area contributed by atoms with Crippen molar-refractivity contribution in [2.75, 3.05) is 4.72 Å². The zero-order valence-corrected chi connectivity index (χ0v) is 17.4. The first-order chi connectivity index (χ1) is 13.8. The Kier molecular flexibility index (Phi) is 5.98. The lowest BCUT2D eigenvalue weighted by Crippen LogP contribution is -2.25. The molecule has 150 valence electrons. The van der Waals surface area contributed by atoms with Gasteiger partial charge in [0.05, 0.1) is 28.4 Å². The van der Waals surface area contributed by atoms with Crippen LogP contribution in [0.2, 0.25) is 0 Å². The number of pyridine rings is 1. The molecule has 3 aromatic rings. The first kappa shape index (κ1) is 20.5. The van der Waals surface area contributed by atoms with E-state index < -0.39 is 10.0 Å². The van der Waals surface area contributed by atoms with Crippen LogP contribution in [-0.4, -0.2) is 19.3 Å². The highest BCUT2D eigenvalue weighted by Gasteiger charge is 2.22. The highest BCUT2D eigenvalue weighted by atomic mass is 32.2. The minimum absolute atomic E-state index is 0.227. The molecule has 0 bridgehead atoms. The van der Waals surface area contributed by atoms with E-state index in [-0.39, 0.29) is 28.6 Å². The molecule has 3 rings (SSSR count). The number of rotatable bonds is 6. The summed E-state index contributed by atoms with van der Waals surface area (Å²) in [7, 11) is -3.86. The van der Waals surface area contributed by atoms with Gasteiger partial charge in [0.15, 0.2) is 0 Å². The Morgan fingerprint density at radius 1 is 0.966 bits per heavy atom. The number of nitrogens with zero attached hydrogens (tertiary/aromatic N) is 1. The van der Waals surface area contributed by atoms with Crippen molar-refractivity contribution >= 4 is 21.6 Å². The largest absolute Gasteiger partial charge is 0.346 e. The summed E-state index contributed by atoms with van der Waals surface area (Å²) in [5, 5.41) is 2.78. The number of hydrogen-bond donors (Lipinski definition) is 2. The summed E-state index contributed by atoms with van der Waals surface area (Å²) in [5.74, 6) is -0.383. The number of hydrogen-bond acceptors (Lipinski definition) is 4. The molecule has 2 N–H and O–H groups in total. The quantitative estimate of drug-likeness (QED) is 0.649. The maximum atomic E-state index is 13.1. The molecule has 0 saturated heterocycles. The minimum Gasteiger partial charge on any atom is -0.346 e. The maximum absolute atomic E-state index is 13.1. The third kappa shape index (κ3) is 4.81. The van der Waals surface area contributed by atoms with Crippen LogP contribution in [0.1, 0.15) is 32.7 Å². The molecule has 1 aromatic heterocycles. The number of carbonyl (C=O) groups is 1. The molecule has 0 atom stereocenters. The Bertz CT molecular complexity index is 1120. The Balaban J connectivity index is 1.86. The van der Waals surface area contributed by atoms with E-state index in [2.05, 4.69) is 15.0 Å². The number of aryl methyl sites for hydroxylation is 3. The standard InChI is InChI=1S/C22H23N3O3S/c1-15-12-16(2)21(17(3)13-15)29(27,28)25-20-10-5-4-9-19(20)22(26)24-14-18-8-6-7-11-23-18/h4-13,25H,14H2,1-3H3,(H,24,26). The number of anilines is 1. The molecule has 29 heavy (non-hydrogen) atoms. The van der Waals surface area contributed by atoms with Crippen LogP contribution < -0.4 is 10.0 Å². The van der Waals surface area contributed by atoms with Gasteiger partial charge in [-0.05, 0) is 56.2 Å². The zero-order chi connectivity index (χ0) is 21.0. The second-order valence-corrected chi connectivity index (χ2v) is 8.50. The molecule has 0 aliphatic rings. The van der Waals surface area contributed by atoms with Crippen molar-refractivity contribution in [1.82, 2.24) is 10.3 Å². The lowest BCUT2D eigenvalue weighted by molar-refractivity contribution is 0.0951. The molecule has 0 unspecified atom stereocenters. The van der Waals surface area contributed by atoms with Gasteiger partial charge in [0.25, 0.3) is 15.9 Å². The highest BCUT2D eigenvalue weighted by molar-refractivity contribution is 7.92. The van der Waals surface area contributed by atoms with E-state index in [0.717, 1.165) is 5.56 Å². The van der Waals surface area contributed by atoms with Gasteiger partial charge in [0.2, 0.25) is 0 Å². The second kappa shape index (κ2) is 8.45. The van der Waals surface area contributed by atoms with Crippen molar-refractivity contribution < 1.29 is 13.2 Å². The van der Waals surface area contributed by atoms with Crippen molar-refractivity contribution in [2.24, 2.45) is 0 Å². The van der Waals surface area contributed by atoms with Crippen LogP contribution in [0.5, 0.6) is 0 Å². The van der Waals surface area contributed by atoms with Crippen molar-refractivity contribution in [3.05, 3.63) is 88.7 Å². The molecule has 0 radical (unpaired) electrons. The fraction of sp³-hybridized carbons (Fsp3) is 0.182. The van der Waals surface area contributed by atoms with Crippen LogP contribution in [0.15, 0.2) is 65.7 Å². The molecular formula is C22H23N3O3S. The summed E-state index contributed by atoms with van der Waals surface area (Å²) in [5.41, 5.74) is 3.50. The first-order valence-corrected chi connectivity index (χ1v) is 10.6. The SMILES string of the molecule is Cc1cc(C)c(S(=O)(=O)Nc2ccccc2C(=O)NCc2ccccn2)c(C)c1. The zero-order valence-electron chi connectivity index (χ0n) is 16.6. The normalized spacial score (nSPS) is 11.1. The maximum Gasteiger partial charge on any atom is 0.262 e. The van der Waals surface area contributed by atoms with Gasteiger partial charge in [-0.25, -0.2) is 8.42 Å². The van der Waals surface area contributed by atoms with E-state index in [1.54, 1.807) is 56.4 Å². The van der Waals surface area contributed by atoms with Crippen LogP contribution >= 0.6 is 0 Å². The summed E-state index contributed by atoms with van der Waals surface area (Å²) in [6, 6.07) is 15.6. The Hall–Kier alpha value is -3.19. The Morgan fingerprint density at radius 3 is 2.28 bits per heavy atom. The molecule has 7 heteroatoms. The third-order valence-corrected chi connectivity index (χ3v) is 6.12. The van der Waals surface area contributed by atoms with E-state index in [0.29, 0.717) is 16.8 Å². The van der Waals surface area contributed by atoms with E-state index >= 15 is 0 Å². The summed E-state index contributed by atoms with van der Waals surface area (Å²) >= 11 is 0. The monoisotopic (exact) mass is 409 g/mol. The number of aromatic nitrogens is 1. The predicted octanol–water partition coefficient (Wildman–Crippen LogP) is 3.74. The smallest absolute Gasteiger partial charge is 0.262 e. The topological polar surface area (TPSA) is 88.2 Å². The van der Waals surface area contributed by atoms with Crippen LogP contribution in [0.4, 0.5) is 5.69 Å². The van der Waals surface area contributed by atoms with Gasteiger partial charge in [-0.3, -0.25) is 14.5 Å².